The van der Waals surface area contributed by atoms with Gasteiger partial charge in [-0.15, -0.1) is 0 Å². The van der Waals surface area contributed by atoms with E-state index in [0.717, 1.165) is 0 Å². The molecule has 0 fully saturated rings. The van der Waals surface area contributed by atoms with Gasteiger partial charge in [-0.25, -0.2) is 4.79 Å². The molecule has 0 aliphatic heterocycles. The van der Waals surface area contributed by atoms with Gasteiger partial charge in [0.25, 0.3) is 0 Å². The van der Waals surface area contributed by atoms with Crippen molar-refractivity contribution in [3.05, 3.63) is 30.3 Å². The Labute approximate surface area is 92.9 Å². The number of benzene rings is 1. The fourth-order valence-electron chi connectivity index (χ4n) is 0.754. The molecule has 0 aliphatic carbocycles. The van der Waals surface area contributed by atoms with E-state index in [1.165, 1.54) is 6.92 Å². The average molecular weight is 192 g/mol. The van der Waals surface area contributed by atoms with E-state index in [9.17, 15) is 4.79 Å². The quantitative estimate of drug-likeness (QED) is 0.715. The fraction of sp³-hybridized carbons (Fsp3) is 0.222. The molecular formula is C9H12MgO3. The SMILES string of the molecule is CC(Oc1ccccc1)C(=O)O.[MgH2]. The summed E-state index contributed by atoms with van der Waals surface area (Å²) in [5.74, 6) is -0.383. The number of ether oxygens (including phenoxy) is 1. The molecule has 1 rings (SSSR count). The third-order valence-electron chi connectivity index (χ3n) is 1.40. The van der Waals surface area contributed by atoms with Gasteiger partial charge in [-0.2, -0.15) is 0 Å². The molecule has 0 bridgehead atoms. The first kappa shape index (κ1) is 12.3. The van der Waals surface area contributed by atoms with Crippen LogP contribution in [0.4, 0.5) is 0 Å². The predicted octanol–water partition coefficient (Wildman–Crippen LogP) is 0.622. The zero-order valence-electron chi connectivity index (χ0n) is 6.73. The second-order valence-corrected chi connectivity index (χ2v) is 2.41. The molecule has 0 saturated carbocycles. The first-order valence-corrected chi connectivity index (χ1v) is 3.64. The van der Waals surface area contributed by atoms with Crippen molar-refractivity contribution in [3.63, 3.8) is 0 Å². The Kier molecular flexibility index (Phi) is 5.49. The monoisotopic (exact) mass is 192 g/mol. The molecule has 0 heterocycles. The minimum Gasteiger partial charge on any atom is -0.479 e. The highest BCUT2D eigenvalue weighted by Gasteiger charge is 2.11. The van der Waals surface area contributed by atoms with Gasteiger partial charge in [-0.05, 0) is 19.1 Å². The maximum absolute atomic E-state index is 10.4. The van der Waals surface area contributed by atoms with Crippen LogP contribution in [0.15, 0.2) is 30.3 Å². The van der Waals surface area contributed by atoms with Crippen molar-refractivity contribution in [3.8, 4) is 5.75 Å². The maximum atomic E-state index is 10.4. The van der Waals surface area contributed by atoms with Crippen LogP contribution in [0.2, 0.25) is 0 Å². The van der Waals surface area contributed by atoms with Crippen LogP contribution in [0.25, 0.3) is 0 Å². The molecule has 1 aromatic rings. The standard InChI is InChI=1S/C9H10O3.Mg.2H/c1-7(9(10)11)12-8-5-3-2-4-6-8;;;/h2-7H,1H3,(H,10,11);;;. The summed E-state index contributed by atoms with van der Waals surface area (Å²) >= 11 is 0. The highest BCUT2D eigenvalue weighted by Crippen LogP contribution is 2.10. The van der Waals surface area contributed by atoms with Crippen molar-refractivity contribution < 1.29 is 14.6 Å². The van der Waals surface area contributed by atoms with Crippen LogP contribution in [0.3, 0.4) is 0 Å². The topological polar surface area (TPSA) is 46.5 Å². The van der Waals surface area contributed by atoms with Crippen LogP contribution < -0.4 is 4.74 Å². The van der Waals surface area contributed by atoms with Crippen LogP contribution in [0.1, 0.15) is 6.92 Å². The highest BCUT2D eigenvalue weighted by molar-refractivity contribution is 5.75. The van der Waals surface area contributed by atoms with Crippen molar-refractivity contribution >= 4 is 29.0 Å². The zero-order valence-corrected chi connectivity index (χ0v) is 6.73. The molecule has 13 heavy (non-hydrogen) atoms. The highest BCUT2D eigenvalue weighted by atomic mass is 24.3. The van der Waals surface area contributed by atoms with Crippen LogP contribution in [-0.4, -0.2) is 40.2 Å². The molecule has 0 radical (unpaired) electrons. The van der Waals surface area contributed by atoms with Gasteiger partial charge in [0.2, 0.25) is 0 Å². The van der Waals surface area contributed by atoms with Crippen LogP contribution in [-0.2, 0) is 4.79 Å². The Balaban J connectivity index is 0.00000144. The van der Waals surface area contributed by atoms with Gasteiger partial charge < -0.3 is 9.84 Å². The number of para-hydroxylation sites is 1. The molecule has 1 unspecified atom stereocenters. The normalized spacial score (nSPS) is 11.2. The lowest BCUT2D eigenvalue weighted by atomic mass is 10.3. The Morgan fingerprint density at radius 3 is 2.38 bits per heavy atom. The number of carbonyl (C=O) groups is 1. The smallest absolute Gasteiger partial charge is 0.344 e. The summed E-state index contributed by atoms with van der Waals surface area (Å²) < 4.78 is 5.08. The minimum absolute atomic E-state index is 0. The lowest BCUT2D eigenvalue weighted by molar-refractivity contribution is -0.144. The lowest BCUT2D eigenvalue weighted by Gasteiger charge is -2.09. The number of rotatable bonds is 3. The van der Waals surface area contributed by atoms with Gasteiger partial charge in [-0.1, -0.05) is 18.2 Å². The van der Waals surface area contributed by atoms with Crippen LogP contribution >= 0.6 is 0 Å². The second kappa shape index (κ2) is 5.83. The molecule has 0 aromatic heterocycles. The summed E-state index contributed by atoms with van der Waals surface area (Å²) in [6, 6.07) is 8.88. The first-order chi connectivity index (χ1) is 5.70. The fourth-order valence-corrected chi connectivity index (χ4v) is 0.754. The Bertz CT molecular complexity index is 261. The first-order valence-electron chi connectivity index (χ1n) is 3.64. The van der Waals surface area contributed by atoms with Gasteiger partial charge in [0.1, 0.15) is 5.75 Å². The van der Waals surface area contributed by atoms with E-state index >= 15 is 0 Å². The summed E-state index contributed by atoms with van der Waals surface area (Å²) in [4.78, 5) is 10.4. The zero-order chi connectivity index (χ0) is 8.97. The number of hydrogen-bond donors (Lipinski definition) is 1. The molecule has 3 nitrogen and oxygen atoms in total. The van der Waals surface area contributed by atoms with E-state index in [1.807, 2.05) is 6.07 Å². The largest absolute Gasteiger partial charge is 0.479 e. The van der Waals surface area contributed by atoms with E-state index in [4.69, 9.17) is 9.84 Å². The number of carboxylic acid groups (broad SMARTS) is 1. The maximum Gasteiger partial charge on any atom is 0.344 e. The second-order valence-electron chi connectivity index (χ2n) is 2.41. The van der Waals surface area contributed by atoms with Gasteiger partial charge in [0, 0.05) is 0 Å². The predicted molar refractivity (Wildman–Crippen MR) is 52.7 cm³/mol. The molecule has 1 aromatic carbocycles. The summed E-state index contributed by atoms with van der Waals surface area (Å²) in [6.45, 7) is 1.50. The minimum atomic E-state index is -0.959. The van der Waals surface area contributed by atoms with Crippen LogP contribution in [0.5, 0.6) is 5.75 Å². The van der Waals surface area contributed by atoms with E-state index in [0.29, 0.717) is 5.75 Å². The third-order valence-corrected chi connectivity index (χ3v) is 1.40. The number of hydrogen-bond acceptors (Lipinski definition) is 2. The average Bonchev–Trinajstić information content (AvgIpc) is 2.06. The van der Waals surface area contributed by atoms with Gasteiger partial charge >= 0.3 is 29.0 Å². The molecule has 1 N–H and O–H groups in total. The summed E-state index contributed by atoms with van der Waals surface area (Å²) in [5, 5.41) is 8.52. The van der Waals surface area contributed by atoms with Crippen molar-refractivity contribution in [1.82, 2.24) is 0 Å². The van der Waals surface area contributed by atoms with Gasteiger partial charge in [0.15, 0.2) is 6.10 Å². The third kappa shape index (κ3) is 4.14. The van der Waals surface area contributed by atoms with Gasteiger partial charge in [0.05, 0.1) is 0 Å². The molecule has 68 valence electrons. The summed E-state index contributed by atoms with van der Waals surface area (Å²) in [5.41, 5.74) is 0. The van der Waals surface area contributed by atoms with E-state index in [1.54, 1.807) is 24.3 Å². The molecule has 0 spiro atoms. The summed E-state index contributed by atoms with van der Waals surface area (Å²) in [7, 11) is 0. The molecule has 0 aliphatic rings. The van der Waals surface area contributed by atoms with E-state index < -0.39 is 12.1 Å². The summed E-state index contributed by atoms with van der Waals surface area (Å²) in [6.07, 6.45) is -0.799. The lowest BCUT2D eigenvalue weighted by Crippen LogP contribution is -2.22. The Morgan fingerprint density at radius 2 is 1.92 bits per heavy atom. The van der Waals surface area contributed by atoms with Crippen molar-refractivity contribution in [2.45, 2.75) is 13.0 Å². The molecule has 0 amide bonds. The van der Waals surface area contributed by atoms with E-state index in [2.05, 4.69) is 0 Å². The number of aliphatic carboxylic acids is 1. The molecule has 1 atom stereocenters. The number of carboxylic acids is 1. The Hall–Kier alpha value is -0.744. The molecular weight excluding hydrogens is 180 g/mol. The van der Waals surface area contributed by atoms with Crippen molar-refractivity contribution in [1.29, 1.82) is 0 Å². The van der Waals surface area contributed by atoms with Crippen molar-refractivity contribution in [2.24, 2.45) is 0 Å². The Morgan fingerprint density at radius 1 is 1.38 bits per heavy atom. The molecule has 4 heteroatoms. The van der Waals surface area contributed by atoms with Gasteiger partial charge in [-0.3, -0.25) is 0 Å². The van der Waals surface area contributed by atoms with E-state index in [-0.39, 0.29) is 23.1 Å². The van der Waals surface area contributed by atoms with Crippen LogP contribution in [0, 0.1) is 0 Å². The molecule has 0 saturated heterocycles. The van der Waals surface area contributed by atoms with Crippen molar-refractivity contribution in [2.75, 3.05) is 0 Å².